The lowest BCUT2D eigenvalue weighted by atomic mass is 9.85. The van der Waals surface area contributed by atoms with Crippen LogP contribution in [0.15, 0.2) is 65.2 Å². The lowest BCUT2D eigenvalue weighted by Gasteiger charge is -2.23. The number of anilines is 2. The van der Waals surface area contributed by atoms with Crippen molar-refractivity contribution in [1.29, 1.82) is 0 Å². The maximum atomic E-state index is 13.1. The van der Waals surface area contributed by atoms with Gasteiger partial charge in [-0.2, -0.15) is 0 Å². The summed E-state index contributed by atoms with van der Waals surface area (Å²) in [7, 11) is -3.61. The summed E-state index contributed by atoms with van der Waals surface area (Å²) < 4.78 is 37.6. The van der Waals surface area contributed by atoms with Crippen LogP contribution < -0.4 is 14.8 Å². The van der Waals surface area contributed by atoms with Gasteiger partial charge in [0.2, 0.25) is 10.0 Å². The minimum Gasteiger partial charge on any atom is -0.505 e. The van der Waals surface area contributed by atoms with Gasteiger partial charge in [0.05, 0.1) is 23.2 Å². The van der Waals surface area contributed by atoms with E-state index in [9.17, 15) is 18.3 Å². The molecule has 0 fully saturated rings. The van der Waals surface area contributed by atoms with E-state index in [0.717, 1.165) is 11.8 Å². The first-order valence-corrected chi connectivity index (χ1v) is 13.2. The number of nitrogens with zero attached hydrogens (tertiary/aromatic N) is 1. The predicted molar refractivity (Wildman–Crippen MR) is 139 cm³/mol. The fourth-order valence-electron chi connectivity index (χ4n) is 3.91. The van der Waals surface area contributed by atoms with Gasteiger partial charge < -0.3 is 19.9 Å². The van der Waals surface area contributed by atoms with E-state index in [2.05, 4.69) is 15.0 Å². The fourth-order valence-corrected chi connectivity index (χ4v) is 4.48. The maximum Gasteiger partial charge on any atom is 0.390 e. The summed E-state index contributed by atoms with van der Waals surface area (Å²) >= 11 is 0. The standard InChI is InChI=1S/C26H29N3O6S/c1-15-10-11-20-22(12-15)35-25(28-20)34-16-13-18(26(2,3)4)23(30)21(14-16)27-24(31)17-8-6-7-9-19(17)29-36(5,32)33/h6-14,20,22,29-30H,1-5H3,(H,27,31). The number of aromatic hydroxyl groups is 1. The molecule has 36 heavy (non-hydrogen) atoms. The average Bonchev–Trinajstić information content (AvgIpc) is 3.15. The number of benzene rings is 2. The third-order valence-corrected chi connectivity index (χ3v) is 6.21. The van der Waals surface area contributed by atoms with Gasteiger partial charge in [-0.25, -0.2) is 13.4 Å². The number of carbonyl (C=O) groups excluding carboxylic acids is 1. The molecule has 1 aliphatic heterocycles. The fraction of sp³-hybridized carbons (Fsp3) is 0.308. The highest BCUT2D eigenvalue weighted by Crippen LogP contribution is 2.40. The predicted octanol–water partition coefficient (Wildman–Crippen LogP) is 4.33. The normalized spacial score (nSPS) is 19.0. The van der Waals surface area contributed by atoms with Gasteiger partial charge in [0.25, 0.3) is 5.91 Å². The Labute approximate surface area is 210 Å². The van der Waals surface area contributed by atoms with Crippen LogP contribution in [0.5, 0.6) is 11.5 Å². The van der Waals surface area contributed by atoms with Crippen LogP contribution in [0.25, 0.3) is 0 Å². The number of phenolic OH excluding ortho intramolecular Hbond substituents is 1. The summed E-state index contributed by atoms with van der Waals surface area (Å²) in [5.41, 5.74) is 1.42. The van der Waals surface area contributed by atoms with Crippen molar-refractivity contribution in [2.75, 3.05) is 16.3 Å². The van der Waals surface area contributed by atoms with Crippen molar-refractivity contribution in [3.63, 3.8) is 0 Å². The monoisotopic (exact) mass is 511 g/mol. The van der Waals surface area contributed by atoms with E-state index in [0.29, 0.717) is 11.3 Å². The highest BCUT2D eigenvalue weighted by Gasteiger charge is 2.31. The number of aliphatic imine (C=N–C) groups is 1. The molecule has 0 saturated carbocycles. The van der Waals surface area contributed by atoms with Crippen molar-refractivity contribution in [2.24, 2.45) is 4.99 Å². The molecule has 2 aromatic carbocycles. The molecular formula is C26H29N3O6S. The third kappa shape index (κ3) is 5.71. The van der Waals surface area contributed by atoms with E-state index >= 15 is 0 Å². The van der Waals surface area contributed by atoms with E-state index < -0.39 is 21.3 Å². The van der Waals surface area contributed by atoms with Gasteiger partial charge in [0, 0.05) is 11.6 Å². The van der Waals surface area contributed by atoms with E-state index in [1.807, 2.05) is 45.9 Å². The number of fused-ring (bicyclic) bond motifs is 1. The van der Waals surface area contributed by atoms with Crippen molar-refractivity contribution >= 4 is 33.4 Å². The molecule has 0 radical (unpaired) electrons. The zero-order valence-corrected chi connectivity index (χ0v) is 21.5. The molecule has 10 heteroatoms. The summed E-state index contributed by atoms with van der Waals surface area (Å²) in [6.45, 7) is 7.72. The first-order valence-electron chi connectivity index (χ1n) is 11.3. The van der Waals surface area contributed by atoms with Crippen molar-refractivity contribution in [2.45, 2.75) is 45.3 Å². The van der Waals surface area contributed by atoms with E-state index in [-0.39, 0.29) is 40.9 Å². The van der Waals surface area contributed by atoms with Crippen LogP contribution in [0.3, 0.4) is 0 Å². The number of ether oxygens (including phenoxy) is 2. The number of hydrogen-bond donors (Lipinski definition) is 3. The number of hydrogen-bond acceptors (Lipinski definition) is 7. The number of nitrogens with one attached hydrogen (secondary N) is 2. The number of carbonyl (C=O) groups is 1. The van der Waals surface area contributed by atoms with Gasteiger partial charge in [-0.3, -0.25) is 9.52 Å². The zero-order valence-electron chi connectivity index (χ0n) is 20.7. The summed E-state index contributed by atoms with van der Waals surface area (Å²) in [6.07, 6.45) is 6.73. The summed E-state index contributed by atoms with van der Waals surface area (Å²) in [4.78, 5) is 17.6. The number of sulfonamides is 1. The molecule has 3 N–H and O–H groups in total. The highest BCUT2D eigenvalue weighted by molar-refractivity contribution is 7.92. The average molecular weight is 512 g/mol. The van der Waals surface area contributed by atoms with Crippen LogP contribution >= 0.6 is 0 Å². The molecule has 190 valence electrons. The highest BCUT2D eigenvalue weighted by atomic mass is 32.2. The van der Waals surface area contributed by atoms with Gasteiger partial charge in [-0.1, -0.05) is 50.6 Å². The van der Waals surface area contributed by atoms with Crippen LogP contribution in [-0.2, 0) is 20.2 Å². The number of para-hydroxylation sites is 1. The Bertz CT molecular complexity index is 1400. The second-order valence-corrected chi connectivity index (χ2v) is 11.6. The molecule has 2 aliphatic rings. The smallest absolute Gasteiger partial charge is 0.390 e. The molecule has 1 heterocycles. The molecule has 0 aromatic heterocycles. The Morgan fingerprint density at radius 1 is 1.17 bits per heavy atom. The SMILES string of the molecule is CC1=CC2OC(Oc3cc(NC(=O)c4ccccc4NS(C)(=O)=O)c(O)c(C(C)(C)C)c3)=NC2C=C1. The maximum absolute atomic E-state index is 13.1. The van der Waals surface area contributed by atoms with Crippen molar-refractivity contribution in [1.82, 2.24) is 0 Å². The van der Waals surface area contributed by atoms with Gasteiger partial charge in [-0.15, -0.1) is 0 Å². The number of amides is 1. The molecule has 2 unspecified atom stereocenters. The van der Waals surface area contributed by atoms with Crippen LogP contribution in [0.4, 0.5) is 11.4 Å². The lowest BCUT2D eigenvalue weighted by Crippen LogP contribution is -2.22. The van der Waals surface area contributed by atoms with Crippen molar-refractivity contribution in [3.05, 3.63) is 71.3 Å². The minimum atomic E-state index is -3.61. The quantitative estimate of drug-likeness (QED) is 0.513. The lowest BCUT2D eigenvalue weighted by molar-refractivity contribution is 0.102. The van der Waals surface area contributed by atoms with Gasteiger partial charge in [-0.05, 0) is 36.6 Å². The van der Waals surface area contributed by atoms with Crippen LogP contribution in [0.2, 0.25) is 0 Å². The second-order valence-electron chi connectivity index (χ2n) is 9.83. The Morgan fingerprint density at radius 2 is 1.89 bits per heavy atom. The van der Waals surface area contributed by atoms with Crippen LogP contribution in [-0.4, -0.2) is 43.9 Å². The van der Waals surface area contributed by atoms with Crippen molar-refractivity contribution < 1.29 is 27.8 Å². The zero-order chi connectivity index (χ0) is 26.3. The topological polar surface area (TPSA) is 126 Å². The third-order valence-electron chi connectivity index (χ3n) is 5.62. The van der Waals surface area contributed by atoms with E-state index in [4.69, 9.17) is 9.47 Å². The second kappa shape index (κ2) is 9.34. The molecule has 1 amide bonds. The summed E-state index contributed by atoms with van der Waals surface area (Å²) in [6, 6.07) is 9.16. The van der Waals surface area contributed by atoms with E-state index in [1.165, 1.54) is 18.2 Å². The van der Waals surface area contributed by atoms with Crippen LogP contribution in [0.1, 0.15) is 43.6 Å². The number of rotatable bonds is 5. The van der Waals surface area contributed by atoms with Gasteiger partial charge in [0.1, 0.15) is 23.6 Å². The molecular weight excluding hydrogens is 482 g/mol. The largest absolute Gasteiger partial charge is 0.505 e. The van der Waals surface area contributed by atoms with Crippen LogP contribution in [0, 0.1) is 0 Å². The first-order chi connectivity index (χ1) is 16.8. The molecule has 2 atom stereocenters. The van der Waals surface area contributed by atoms with Gasteiger partial charge >= 0.3 is 6.08 Å². The number of phenols is 1. The molecule has 0 bridgehead atoms. The Morgan fingerprint density at radius 3 is 2.58 bits per heavy atom. The molecule has 9 nitrogen and oxygen atoms in total. The molecule has 0 saturated heterocycles. The van der Waals surface area contributed by atoms with Gasteiger partial charge in [0.15, 0.2) is 0 Å². The number of allylic oxidation sites excluding steroid dienone is 2. The first kappa shape index (κ1) is 25.3. The summed E-state index contributed by atoms with van der Waals surface area (Å²) in [5, 5.41) is 13.7. The van der Waals surface area contributed by atoms with E-state index in [1.54, 1.807) is 18.2 Å². The Balaban J connectivity index is 1.65. The molecule has 2 aromatic rings. The molecule has 0 spiro atoms. The minimum absolute atomic E-state index is 0.0890. The van der Waals surface area contributed by atoms with Crippen molar-refractivity contribution in [3.8, 4) is 11.5 Å². The molecule has 4 rings (SSSR count). The summed E-state index contributed by atoms with van der Waals surface area (Å²) in [5.74, 6) is -0.417. The molecule has 1 aliphatic carbocycles. The Kier molecular flexibility index (Phi) is 6.57. The Hall–Kier alpha value is -3.79.